The fraction of sp³-hybridized carbons (Fsp3) is 0.429. The van der Waals surface area contributed by atoms with Crippen molar-refractivity contribution < 1.29 is 14.3 Å². The van der Waals surface area contributed by atoms with Gasteiger partial charge in [-0.2, -0.15) is 0 Å². The van der Waals surface area contributed by atoms with E-state index in [-0.39, 0.29) is 5.91 Å². The van der Waals surface area contributed by atoms with Crippen LogP contribution < -0.4 is 20.1 Å². The average Bonchev–Trinajstić information content (AvgIpc) is 2.85. The third-order valence-electron chi connectivity index (χ3n) is 6.51. The molecule has 1 amide bonds. The zero-order valence-corrected chi connectivity index (χ0v) is 21.1. The van der Waals surface area contributed by atoms with Gasteiger partial charge in [-0.25, -0.2) is 4.98 Å². The van der Waals surface area contributed by atoms with Crippen molar-refractivity contribution in [1.82, 2.24) is 15.2 Å². The van der Waals surface area contributed by atoms with Gasteiger partial charge in [0.15, 0.2) is 0 Å². The predicted octanol–water partition coefficient (Wildman–Crippen LogP) is 5.09. The van der Waals surface area contributed by atoms with Crippen LogP contribution in [0.1, 0.15) is 37.0 Å². The van der Waals surface area contributed by atoms with Crippen LogP contribution in [0, 0.1) is 11.8 Å². The number of carbonyl (C=O) groups is 1. The Morgan fingerprint density at radius 3 is 2.57 bits per heavy atom. The molecule has 0 aliphatic carbocycles. The first-order valence-electron chi connectivity index (χ1n) is 12.4. The lowest BCUT2D eigenvalue weighted by molar-refractivity contribution is 0.0949. The fourth-order valence-electron chi connectivity index (χ4n) is 5.04. The molecule has 1 aliphatic rings. The van der Waals surface area contributed by atoms with Crippen molar-refractivity contribution in [1.29, 1.82) is 0 Å². The van der Waals surface area contributed by atoms with Gasteiger partial charge < -0.3 is 25.0 Å². The monoisotopic (exact) mass is 476 g/mol. The summed E-state index contributed by atoms with van der Waals surface area (Å²) in [4.78, 5) is 20.4. The highest BCUT2D eigenvalue weighted by Crippen LogP contribution is 2.32. The zero-order chi connectivity index (χ0) is 24.8. The Morgan fingerprint density at radius 1 is 1.06 bits per heavy atom. The molecule has 2 heterocycles. The lowest BCUT2D eigenvalue weighted by atomic mass is 9.92. The smallest absolute Gasteiger partial charge is 0.252 e. The highest BCUT2D eigenvalue weighted by atomic mass is 16.5. The first-order valence-corrected chi connectivity index (χ1v) is 12.4. The van der Waals surface area contributed by atoms with Crippen molar-refractivity contribution in [3.63, 3.8) is 0 Å². The molecule has 7 heteroatoms. The van der Waals surface area contributed by atoms with Crippen molar-refractivity contribution in [2.75, 3.05) is 45.7 Å². The number of para-hydroxylation sites is 1. The molecule has 0 bridgehead atoms. The molecule has 0 radical (unpaired) electrons. The highest BCUT2D eigenvalue weighted by Gasteiger charge is 2.21. The van der Waals surface area contributed by atoms with Crippen LogP contribution in [0.25, 0.3) is 10.9 Å². The number of carbonyl (C=O) groups excluding carboxylic acids is 1. The van der Waals surface area contributed by atoms with Crippen molar-refractivity contribution in [2.45, 2.75) is 26.7 Å². The summed E-state index contributed by atoms with van der Waals surface area (Å²) in [6.07, 6.45) is 2.24. The second-order valence-electron chi connectivity index (χ2n) is 9.58. The Labute approximate surface area is 207 Å². The molecule has 186 valence electrons. The standard InChI is InChI=1S/C28H36N4O3/c1-19-14-20(2)18-32(17-19)13-7-12-29-28(33)23-16-27(30-24-9-6-5-8-22(23)24)31-25-11-10-21(34-3)15-26(25)35-4/h5-6,8-11,15-16,19-20H,7,12-14,17-18H2,1-4H3,(H,29,33)(H,30,31)/t19-,20-/m1/s1. The maximum absolute atomic E-state index is 13.2. The van der Waals surface area contributed by atoms with E-state index in [0.29, 0.717) is 29.4 Å². The van der Waals surface area contributed by atoms with Crippen LogP contribution in [0.2, 0.25) is 0 Å². The summed E-state index contributed by atoms with van der Waals surface area (Å²) < 4.78 is 10.8. The maximum atomic E-state index is 13.2. The minimum atomic E-state index is -0.0891. The Hall–Kier alpha value is -3.32. The minimum absolute atomic E-state index is 0.0891. The van der Waals surface area contributed by atoms with E-state index in [1.165, 1.54) is 6.42 Å². The summed E-state index contributed by atoms with van der Waals surface area (Å²) in [5.41, 5.74) is 2.10. The number of amides is 1. The van der Waals surface area contributed by atoms with Crippen molar-refractivity contribution in [2.24, 2.45) is 11.8 Å². The summed E-state index contributed by atoms with van der Waals surface area (Å²) in [6, 6.07) is 15.0. The zero-order valence-electron chi connectivity index (χ0n) is 21.1. The number of rotatable bonds is 9. The van der Waals surface area contributed by atoms with Gasteiger partial charge in [0.2, 0.25) is 0 Å². The Morgan fingerprint density at radius 2 is 1.83 bits per heavy atom. The van der Waals surface area contributed by atoms with E-state index in [9.17, 15) is 4.79 Å². The number of hydrogen-bond acceptors (Lipinski definition) is 6. The molecular formula is C28H36N4O3. The van der Waals surface area contributed by atoms with Gasteiger partial charge in [0.05, 0.1) is 31.0 Å². The van der Waals surface area contributed by atoms with Crippen molar-refractivity contribution >= 4 is 28.3 Å². The van der Waals surface area contributed by atoms with Crippen LogP contribution in [0.15, 0.2) is 48.5 Å². The number of piperidine rings is 1. The molecule has 7 nitrogen and oxygen atoms in total. The lowest BCUT2D eigenvalue weighted by Gasteiger charge is -2.34. The van der Waals surface area contributed by atoms with E-state index in [1.54, 1.807) is 26.4 Å². The normalized spacial score (nSPS) is 18.3. The van der Waals surface area contributed by atoms with Gasteiger partial charge in [-0.05, 0) is 55.5 Å². The summed E-state index contributed by atoms with van der Waals surface area (Å²) in [5.74, 6) is 3.31. The predicted molar refractivity (Wildman–Crippen MR) is 141 cm³/mol. The van der Waals surface area contributed by atoms with E-state index in [2.05, 4.69) is 29.4 Å². The summed E-state index contributed by atoms with van der Waals surface area (Å²) in [5, 5.41) is 7.25. The molecule has 2 aromatic carbocycles. The molecular weight excluding hydrogens is 440 g/mol. The molecule has 1 aliphatic heterocycles. The lowest BCUT2D eigenvalue weighted by Crippen LogP contribution is -2.40. The Kier molecular flexibility index (Phi) is 8.08. The maximum Gasteiger partial charge on any atom is 0.252 e. The van der Waals surface area contributed by atoms with Crippen LogP contribution in [0.3, 0.4) is 0 Å². The van der Waals surface area contributed by atoms with Gasteiger partial charge in [0, 0.05) is 31.1 Å². The van der Waals surface area contributed by atoms with Crippen molar-refractivity contribution in [3.05, 3.63) is 54.1 Å². The number of likely N-dealkylation sites (tertiary alicyclic amines) is 1. The molecule has 0 unspecified atom stereocenters. The number of methoxy groups -OCH3 is 2. The number of anilines is 2. The second-order valence-corrected chi connectivity index (χ2v) is 9.58. The van der Waals surface area contributed by atoms with Crippen LogP contribution in [-0.4, -0.2) is 56.2 Å². The highest BCUT2D eigenvalue weighted by molar-refractivity contribution is 6.07. The number of benzene rings is 2. The number of fused-ring (bicyclic) bond motifs is 1. The van der Waals surface area contributed by atoms with E-state index < -0.39 is 0 Å². The van der Waals surface area contributed by atoms with E-state index in [0.717, 1.165) is 54.5 Å². The van der Waals surface area contributed by atoms with Gasteiger partial charge in [-0.15, -0.1) is 0 Å². The third-order valence-corrected chi connectivity index (χ3v) is 6.51. The quantitative estimate of drug-likeness (QED) is 0.419. The van der Waals surface area contributed by atoms with Crippen LogP contribution in [0.4, 0.5) is 11.5 Å². The van der Waals surface area contributed by atoms with Crippen LogP contribution in [0.5, 0.6) is 11.5 Å². The Bertz CT molecular complexity index is 1160. The first-order chi connectivity index (χ1) is 17.0. The summed E-state index contributed by atoms with van der Waals surface area (Å²) in [6.45, 7) is 8.60. The van der Waals surface area contributed by atoms with Gasteiger partial charge in [0.25, 0.3) is 5.91 Å². The molecule has 4 rings (SSSR count). The first kappa shape index (κ1) is 24.8. The number of pyridine rings is 1. The summed E-state index contributed by atoms with van der Waals surface area (Å²) >= 11 is 0. The van der Waals surface area contributed by atoms with E-state index >= 15 is 0 Å². The molecule has 2 atom stereocenters. The number of ether oxygens (including phenoxy) is 2. The van der Waals surface area contributed by atoms with Gasteiger partial charge >= 0.3 is 0 Å². The number of hydrogen-bond donors (Lipinski definition) is 2. The topological polar surface area (TPSA) is 75.7 Å². The van der Waals surface area contributed by atoms with Gasteiger partial charge in [-0.3, -0.25) is 4.79 Å². The molecule has 0 saturated carbocycles. The third kappa shape index (κ3) is 6.22. The molecule has 1 fully saturated rings. The van der Waals surface area contributed by atoms with E-state index in [1.807, 2.05) is 36.4 Å². The second kappa shape index (κ2) is 11.4. The van der Waals surface area contributed by atoms with Crippen LogP contribution >= 0.6 is 0 Å². The number of aromatic nitrogens is 1. The molecule has 3 aromatic rings. The Balaban J connectivity index is 1.47. The molecule has 35 heavy (non-hydrogen) atoms. The van der Waals surface area contributed by atoms with E-state index in [4.69, 9.17) is 14.5 Å². The molecule has 2 N–H and O–H groups in total. The number of nitrogens with one attached hydrogen (secondary N) is 2. The van der Waals surface area contributed by atoms with Crippen LogP contribution in [-0.2, 0) is 0 Å². The fourth-order valence-corrected chi connectivity index (χ4v) is 5.04. The average molecular weight is 477 g/mol. The molecule has 1 saturated heterocycles. The molecule has 0 spiro atoms. The molecule has 1 aromatic heterocycles. The van der Waals surface area contributed by atoms with Crippen molar-refractivity contribution in [3.8, 4) is 11.5 Å². The van der Waals surface area contributed by atoms with Gasteiger partial charge in [-0.1, -0.05) is 32.0 Å². The largest absolute Gasteiger partial charge is 0.497 e. The minimum Gasteiger partial charge on any atom is -0.497 e. The SMILES string of the molecule is COc1ccc(Nc2cc(C(=O)NCCCN3C[C@H](C)C[C@@H](C)C3)c3ccccc3n2)c(OC)c1. The van der Waals surface area contributed by atoms with Gasteiger partial charge in [0.1, 0.15) is 17.3 Å². The number of nitrogens with zero attached hydrogens (tertiary/aromatic N) is 2. The summed E-state index contributed by atoms with van der Waals surface area (Å²) in [7, 11) is 3.23.